The van der Waals surface area contributed by atoms with Crippen LogP contribution in [-0.2, 0) is 11.3 Å². The molecule has 0 aliphatic carbocycles. The van der Waals surface area contributed by atoms with Crippen LogP contribution in [0.25, 0.3) is 0 Å². The Bertz CT molecular complexity index is 679. The van der Waals surface area contributed by atoms with Crippen LogP contribution in [0.2, 0.25) is 0 Å². The predicted octanol–water partition coefficient (Wildman–Crippen LogP) is 3.30. The molecule has 0 aromatic heterocycles. The molecule has 0 fully saturated rings. The molecule has 0 bridgehead atoms. The summed E-state index contributed by atoms with van der Waals surface area (Å²) >= 11 is 0. The lowest BCUT2D eigenvalue weighted by molar-refractivity contribution is -0.129. The lowest BCUT2D eigenvalue weighted by Crippen LogP contribution is -2.34. The van der Waals surface area contributed by atoms with Gasteiger partial charge in [0.05, 0.1) is 6.54 Å². The molecule has 1 heterocycles. The summed E-state index contributed by atoms with van der Waals surface area (Å²) in [7, 11) is 0. The Hall–Kier alpha value is -2.40. The van der Waals surface area contributed by atoms with Crippen molar-refractivity contribution in [1.82, 2.24) is 4.90 Å². The fourth-order valence-electron chi connectivity index (χ4n) is 2.48. The van der Waals surface area contributed by atoms with Gasteiger partial charge in [-0.15, -0.1) is 12.4 Å². The summed E-state index contributed by atoms with van der Waals surface area (Å²) in [6.07, 6.45) is 0. The highest BCUT2D eigenvalue weighted by atomic mass is 35.5. The second-order valence-corrected chi connectivity index (χ2v) is 5.32. The number of hydrogen-bond donors (Lipinski definition) is 1. The number of nitrogens with zero attached hydrogens (tertiary/aromatic N) is 1. The van der Waals surface area contributed by atoms with E-state index in [1.165, 1.54) is 0 Å². The zero-order chi connectivity index (χ0) is 16.1. The Kier molecular flexibility index (Phi) is 6.32. The molecule has 0 unspecified atom stereocenters. The number of para-hydroxylation sites is 1. The predicted molar refractivity (Wildman–Crippen MR) is 95.8 cm³/mol. The van der Waals surface area contributed by atoms with Crippen LogP contribution in [0.3, 0.4) is 0 Å². The van der Waals surface area contributed by atoms with Gasteiger partial charge in [-0.05, 0) is 36.8 Å². The molecule has 6 heteroatoms. The summed E-state index contributed by atoms with van der Waals surface area (Å²) in [6, 6.07) is 15.5. The van der Waals surface area contributed by atoms with E-state index < -0.39 is 0 Å². The highest BCUT2D eigenvalue weighted by Gasteiger charge is 2.16. The zero-order valence-electron chi connectivity index (χ0n) is 13.5. The first-order valence-corrected chi connectivity index (χ1v) is 7.71. The van der Waals surface area contributed by atoms with Crippen molar-refractivity contribution in [3.63, 3.8) is 0 Å². The molecule has 1 aliphatic heterocycles. The molecule has 128 valence electrons. The van der Waals surface area contributed by atoms with Crippen LogP contribution in [0.1, 0.15) is 12.5 Å². The van der Waals surface area contributed by atoms with Gasteiger partial charge in [0.15, 0.2) is 11.5 Å². The molecule has 0 saturated heterocycles. The van der Waals surface area contributed by atoms with Gasteiger partial charge in [-0.25, -0.2) is 0 Å². The van der Waals surface area contributed by atoms with Gasteiger partial charge < -0.3 is 19.7 Å². The first-order chi connectivity index (χ1) is 11.3. The molecule has 1 N–H and O–H groups in total. The van der Waals surface area contributed by atoms with Crippen molar-refractivity contribution in [3.05, 3.63) is 54.1 Å². The number of ether oxygens (including phenoxy) is 2. The minimum absolute atomic E-state index is 0. The Labute approximate surface area is 148 Å². The van der Waals surface area contributed by atoms with E-state index in [2.05, 4.69) is 5.32 Å². The number of carbonyl (C=O) groups is 1. The van der Waals surface area contributed by atoms with Crippen molar-refractivity contribution in [1.29, 1.82) is 0 Å². The maximum Gasteiger partial charge on any atom is 0.242 e. The van der Waals surface area contributed by atoms with Crippen molar-refractivity contribution in [3.8, 4) is 11.5 Å². The number of anilines is 1. The van der Waals surface area contributed by atoms with E-state index in [0.29, 0.717) is 13.1 Å². The Balaban J connectivity index is 0.00000208. The number of rotatable bonds is 6. The van der Waals surface area contributed by atoms with Crippen LogP contribution < -0.4 is 14.8 Å². The number of nitrogens with one attached hydrogen (secondary N) is 1. The summed E-state index contributed by atoms with van der Waals surface area (Å²) in [5.41, 5.74) is 1.98. The quantitative estimate of drug-likeness (QED) is 0.870. The number of amides is 1. The van der Waals surface area contributed by atoms with Crippen molar-refractivity contribution in [2.45, 2.75) is 13.5 Å². The standard InChI is InChI=1S/C18H20N2O3.ClH/c1-2-20(18(21)11-19-15-6-4-3-5-7-15)12-14-8-9-16-17(10-14)23-13-22-16;/h3-10,19H,2,11-13H2,1H3;1H. The molecular weight excluding hydrogens is 328 g/mol. The number of likely N-dealkylation sites (N-methyl/N-ethyl adjacent to an activating group) is 1. The highest BCUT2D eigenvalue weighted by molar-refractivity contribution is 5.85. The van der Waals surface area contributed by atoms with Crippen molar-refractivity contribution < 1.29 is 14.3 Å². The zero-order valence-corrected chi connectivity index (χ0v) is 14.3. The molecule has 3 rings (SSSR count). The van der Waals surface area contributed by atoms with Crippen LogP contribution in [-0.4, -0.2) is 30.7 Å². The smallest absolute Gasteiger partial charge is 0.242 e. The van der Waals surface area contributed by atoms with Crippen LogP contribution in [0, 0.1) is 0 Å². The van der Waals surface area contributed by atoms with E-state index in [9.17, 15) is 4.79 Å². The number of hydrogen-bond acceptors (Lipinski definition) is 4. The van der Waals surface area contributed by atoms with E-state index in [1.807, 2.05) is 60.4 Å². The van der Waals surface area contributed by atoms with Gasteiger partial charge in [-0.2, -0.15) is 0 Å². The number of benzene rings is 2. The normalized spacial score (nSPS) is 11.5. The topological polar surface area (TPSA) is 50.8 Å². The summed E-state index contributed by atoms with van der Waals surface area (Å²) in [5, 5.41) is 3.15. The van der Waals surface area contributed by atoms with Crippen LogP contribution in [0.4, 0.5) is 5.69 Å². The summed E-state index contributed by atoms with van der Waals surface area (Å²) in [5.74, 6) is 1.57. The second-order valence-electron chi connectivity index (χ2n) is 5.32. The molecule has 0 atom stereocenters. The third-order valence-electron chi connectivity index (χ3n) is 3.76. The Morgan fingerprint density at radius 1 is 1.12 bits per heavy atom. The van der Waals surface area contributed by atoms with Gasteiger partial charge in [0.2, 0.25) is 12.7 Å². The Morgan fingerprint density at radius 3 is 2.62 bits per heavy atom. The molecular formula is C18H21ClN2O3. The molecule has 0 radical (unpaired) electrons. The average Bonchev–Trinajstić information content (AvgIpc) is 3.06. The number of carbonyl (C=O) groups excluding carboxylic acids is 1. The van der Waals surface area contributed by atoms with Gasteiger partial charge in [0.25, 0.3) is 0 Å². The van der Waals surface area contributed by atoms with E-state index in [1.54, 1.807) is 0 Å². The van der Waals surface area contributed by atoms with Gasteiger partial charge >= 0.3 is 0 Å². The third-order valence-corrected chi connectivity index (χ3v) is 3.76. The summed E-state index contributed by atoms with van der Waals surface area (Å²) in [4.78, 5) is 14.2. The minimum Gasteiger partial charge on any atom is -0.454 e. The lowest BCUT2D eigenvalue weighted by Gasteiger charge is -2.21. The van der Waals surface area contributed by atoms with Gasteiger partial charge in [0, 0.05) is 18.8 Å². The lowest BCUT2D eigenvalue weighted by atomic mass is 10.2. The summed E-state index contributed by atoms with van der Waals surface area (Å²) < 4.78 is 10.7. The monoisotopic (exact) mass is 348 g/mol. The fourth-order valence-corrected chi connectivity index (χ4v) is 2.48. The SMILES string of the molecule is CCN(Cc1ccc2c(c1)OCO2)C(=O)CNc1ccccc1.Cl. The molecule has 1 amide bonds. The minimum atomic E-state index is 0. The van der Waals surface area contributed by atoms with E-state index in [-0.39, 0.29) is 31.7 Å². The second kappa shape index (κ2) is 8.45. The van der Waals surface area contributed by atoms with E-state index in [0.717, 1.165) is 22.7 Å². The van der Waals surface area contributed by atoms with Crippen LogP contribution >= 0.6 is 12.4 Å². The molecule has 2 aromatic carbocycles. The average molecular weight is 349 g/mol. The number of halogens is 1. The maximum atomic E-state index is 12.4. The van der Waals surface area contributed by atoms with Gasteiger partial charge in [-0.1, -0.05) is 24.3 Å². The van der Waals surface area contributed by atoms with Gasteiger partial charge in [0.1, 0.15) is 0 Å². The highest BCUT2D eigenvalue weighted by Crippen LogP contribution is 2.32. The van der Waals surface area contributed by atoms with E-state index >= 15 is 0 Å². The fraction of sp³-hybridized carbons (Fsp3) is 0.278. The summed E-state index contributed by atoms with van der Waals surface area (Å²) in [6.45, 7) is 3.73. The molecule has 5 nitrogen and oxygen atoms in total. The first kappa shape index (κ1) is 17.9. The van der Waals surface area contributed by atoms with Crippen LogP contribution in [0.15, 0.2) is 48.5 Å². The van der Waals surface area contributed by atoms with Crippen molar-refractivity contribution in [2.75, 3.05) is 25.2 Å². The van der Waals surface area contributed by atoms with Gasteiger partial charge in [-0.3, -0.25) is 4.79 Å². The molecule has 24 heavy (non-hydrogen) atoms. The largest absolute Gasteiger partial charge is 0.454 e. The first-order valence-electron chi connectivity index (χ1n) is 7.71. The molecule has 2 aromatic rings. The molecule has 0 spiro atoms. The van der Waals surface area contributed by atoms with Crippen molar-refractivity contribution in [2.24, 2.45) is 0 Å². The van der Waals surface area contributed by atoms with Crippen LogP contribution in [0.5, 0.6) is 11.5 Å². The molecule has 1 aliphatic rings. The number of fused-ring (bicyclic) bond motifs is 1. The van der Waals surface area contributed by atoms with Crippen molar-refractivity contribution >= 4 is 24.0 Å². The Morgan fingerprint density at radius 2 is 1.88 bits per heavy atom. The third kappa shape index (κ3) is 4.32. The van der Waals surface area contributed by atoms with E-state index in [4.69, 9.17) is 9.47 Å². The maximum absolute atomic E-state index is 12.4. The molecule has 0 saturated carbocycles.